The molecular weight excluding hydrogens is 373 g/mol. The van der Waals surface area contributed by atoms with Gasteiger partial charge in [-0.25, -0.2) is 0 Å². The Labute approximate surface area is 160 Å². The molecule has 1 fully saturated rings. The number of nitrogens with one attached hydrogen (secondary N) is 1. The maximum absolute atomic E-state index is 13.5. The number of hydrogen-bond acceptors (Lipinski definition) is 4. The summed E-state index contributed by atoms with van der Waals surface area (Å²) in [6, 6.07) is 5.30. The Morgan fingerprint density at radius 2 is 1.88 bits per heavy atom. The molecule has 4 nitrogen and oxygen atoms in total. The van der Waals surface area contributed by atoms with Gasteiger partial charge in [-0.2, -0.15) is 0 Å². The van der Waals surface area contributed by atoms with Gasteiger partial charge in [0.25, 0.3) is 0 Å². The number of piperazine rings is 1. The van der Waals surface area contributed by atoms with E-state index < -0.39 is 6.29 Å². The monoisotopic (exact) mass is 398 g/mol. The van der Waals surface area contributed by atoms with Gasteiger partial charge < -0.3 is 14.8 Å². The number of unbranched alkanes of at least 4 members (excludes halogenated alkanes) is 2. The van der Waals surface area contributed by atoms with Crippen LogP contribution in [0.1, 0.15) is 44.2 Å². The molecule has 0 aromatic heterocycles. The standard InChI is InChI=1S/C17H24F2N2O2.2ClH/c1-2-3-4-7-14(21-11-9-20-10-12-21)13-6-5-8-15-16(13)23-17(18,19)22-15;;/h5-6,8,14,20H,2-4,7,9-12H2,1H3;2*1H/t14-;;/m0../s1. The van der Waals surface area contributed by atoms with Crippen LogP contribution in [0.2, 0.25) is 0 Å². The number of para-hydroxylation sites is 1. The second-order valence-electron chi connectivity index (χ2n) is 6.14. The first kappa shape index (κ1) is 22.2. The number of ether oxygens (including phenoxy) is 2. The van der Waals surface area contributed by atoms with Crippen molar-refractivity contribution >= 4 is 24.8 Å². The third-order valence-corrected chi connectivity index (χ3v) is 4.49. The summed E-state index contributed by atoms with van der Waals surface area (Å²) in [4.78, 5) is 2.36. The first-order valence-corrected chi connectivity index (χ1v) is 8.44. The van der Waals surface area contributed by atoms with Gasteiger partial charge in [-0.3, -0.25) is 4.90 Å². The van der Waals surface area contributed by atoms with E-state index in [1.165, 1.54) is 0 Å². The highest BCUT2D eigenvalue weighted by Crippen LogP contribution is 2.47. The van der Waals surface area contributed by atoms with Crippen molar-refractivity contribution in [2.45, 2.75) is 44.9 Å². The average Bonchev–Trinajstić information content (AvgIpc) is 2.86. The minimum atomic E-state index is -3.56. The molecule has 144 valence electrons. The molecule has 3 rings (SSSR count). The Hall–Kier alpha value is -0.820. The Morgan fingerprint density at radius 1 is 1.16 bits per heavy atom. The van der Waals surface area contributed by atoms with Crippen molar-refractivity contribution in [2.75, 3.05) is 26.2 Å². The minimum absolute atomic E-state index is 0. The fraction of sp³-hybridized carbons (Fsp3) is 0.647. The molecule has 2 aliphatic heterocycles. The number of hydrogen-bond donors (Lipinski definition) is 1. The van der Waals surface area contributed by atoms with E-state index in [4.69, 9.17) is 4.74 Å². The smallest absolute Gasteiger partial charge is 0.395 e. The molecule has 25 heavy (non-hydrogen) atoms. The molecule has 2 aliphatic rings. The summed E-state index contributed by atoms with van der Waals surface area (Å²) < 4.78 is 36.3. The normalized spacial score (nSPS) is 19.6. The minimum Gasteiger partial charge on any atom is -0.395 e. The molecule has 0 amide bonds. The molecule has 0 spiro atoms. The summed E-state index contributed by atoms with van der Waals surface area (Å²) in [5.41, 5.74) is 0.817. The predicted octanol–water partition coefficient (Wildman–Crippen LogP) is 4.38. The van der Waals surface area contributed by atoms with Gasteiger partial charge in [0.2, 0.25) is 0 Å². The van der Waals surface area contributed by atoms with Crippen LogP contribution in [0.5, 0.6) is 11.5 Å². The van der Waals surface area contributed by atoms with Gasteiger partial charge in [0.15, 0.2) is 11.5 Å². The van der Waals surface area contributed by atoms with Crippen LogP contribution in [-0.2, 0) is 0 Å². The summed E-state index contributed by atoms with van der Waals surface area (Å²) in [5.74, 6) is 0.348. The third kappa shape index (κ3) is 5.33. The zero-order valence-corrected chi connectivity index (χ0v) is 15.9. The second kappa shape index (κ2) is 9.76. The van der Waals surface area contributed by atoms with Crippen molar-refractivity contribution in [3.05, 3.63) is 23.8 Å². The Kier molecular flexibility index (Phi) is 8.68. The van der Waals surface area contributed by atoms with E-state index in [-0.39, 0.29) is 42.4 Å². The number of halogens is 4. The van der Waals surface area contributed by atoms with Crippen LogP contribution < -0.4 is 14.8 Å². The highest BCUT2D eigenvalue weighted by atomic mass is 35.5. The molecule has 0 aliphatic carbocycles. The summed E-state index contributed by atoms with van der Waals surface area (Å²) in [6.07, 6.45) is 0.741. The van der Waals surface area contributed by atoms with Gasteiger partial charge in [-0.15, -0.1) is 33.6 Å². The predicted molar refractivity (Wildman–Crippen MR) is 98.5 cm³/mol. The fourth-order valence-electron chi connectivity index (χ4n) is 3.37. The molecule has 8 heteroatoms. The van der Waals surface area contributed by atoms with E-state index in [1.54, 1.807) is 12.1 Å². The second-order valence-corrected chi connectivity index (χ2v) is 6.14. The number of rotatable bonds is 6. The van der Waals surface area contributed by atoms with E-state index in [9.17, 15) is 8.78 Å². The first-order valence-electron chi connectivity index (χ1n) is 8.44. The van der Waals surface area contributed by atoms with Crippen molar-refractivity contribution in [1.82, 2.24) is 10.2 Å². The average molecular weight is 399 g/mol. The Morgan fingerprint density at radius 3 is 2.56 bits per heavy atom. The highest BCUT2D eigenvalue weighted by Gasteiger charge is 2.45. The molecule has 0 saturated carbocycles. The lowest BCUT2D eigenvalue weighted by molar-refractivity contribution is -0.287. The molecule has 0 radical (unpaired) electrons. The SMILES string of the molecule is CCCCC[C@@H](c1cccc2c1OC(F)(F)O2)N1CCNCC1.Cl.Cl. The van der Waals surface area contributed by atoms with Crippen LogP contribution in [0, 0.1) is 0 Å². The Balaban J connectivity index is 0.00000156. The van der Waals surface area contributed by atoms with Gasteiger partial charge >= 0.3 is 6.29 Å². The van der Waals surface area contributed by atoms with E-state index in [1.807, 2.05) is 6.07 Å². The number of alkyl halides is 2. The summed E-state index contributed by atoms with van der Waals surface area (Å²) >= 11 is 0. The van der Waals surface area contributed by atoms with Crippen LogP contribution in [-0.4, -0.2) is 37.4 Å². The lowest BCUT2D eigenvalue weighted by Crippen LogP contribution is -2.45. The van der Waals surface area contributed by atoms with Crippen LogP contribution >= 0.6 is 24.8 Å². The molecular formula is C17H26Cl2F2N2O2. The number of benzene rings is 1. The lowest BCUT2D eigenvalue weighted by Gasteiger charge is -2.35. The highest BCUT2D eigenvalue weighted by molar-refractivity contribution is 5.85. The van der Waals surface area contributed by atoms with Crippen LogP contribution in [0.25, 0.3) is 0 Å². The maximum Gasteiger partial charge on any atom is 0.586 e. The van der Waals surface area contributed by atoms with Crippen LogP contribution in [0.15, 0.2) is 18.2 Å². The quantitative estimate of drug-likeness (QED) is 0.720. The number of fused-ring (bicyclic) bond motifs is 1. The lowest BCUT2D eigenvalue weighted by atomic mass is 9.97. The molecule has 1 N–H and O–H groups in total. The van der Waals surface area contributed by atoms with E-state index in [2.05, 4.69) is 21.9 Å². The summed E-state index contributed by atoms with van der Waals surface area (Å²) in [5, 5.41) is 3.34. The van der Waals surface area contributed by atoms with Gasteiger partial charge in [-0.1, -0.05) is 38.3 Å². The van der Waals surface area contributed by atoms with Gasteiger partial charge in [0, 0.05) is 37.8 Å². The summed E-state index contributed by atoms with van der Waals surface area (Å²) in [6.45, 7) is 5.84. The molecule has 2 heterocycles. The van der Waals surface area contributed by atoms with Crippen molar-refractivity contribution in [3.8, 4) is 11.5 Å². The zero-order valence-electron chi connectivity index (χ0n) is 14.3. The third-order valence-electron chi connectivity index (χ3n) is 4.49. The van der Waals surface area contributed by atoms with Gasteiger partial charge in [0.05, 0.1) is 0 Å². The first-order chi connectivity index (χ1) is 11.1. The van der Waals surface area contributed by atoms with Gasteiger partial charge in [-0.05, 0) is 12.5 Å². The van der Waals surface area contributed by atoms with Crippen LogP contribution in [0.4, 0.5) is 8.78 Å². The van der Waals surface area contributed by atoms with E-state index >= 15 is 0 Å². The Bertz CT molecular complexity index is 543. The topological polar surface area (TPSA) is 33.7 Å². The molecule has 0 unspecified atom stereocenters. The van der Waals surface area contributed by atoms with Gasteiger partial charge in [0.1, 0.15) is 0 Å². The largest absolute Gasteiger partial charge is 0.586 e. The molecule has 1 aromatic rings. The van der Waals surface area contributed by atoms with Crippen LogP contribution in [0.3, 0.4) is 0 Å². The van der Waals surface area contributed by atoms with E-state index in [0.717, 1.165) is 57.4 Å². The molecule has 1 aromatic carbocycles. The van der Waals surface area contributed by atoms with Crippen molar-refractivity contribution < 1.29 is 18.3 Å². The number of nitrogens with zero attached hydrogens (tertiary/aromatic N) is 1. The molecule has 1 atom stereocenters. The molecule has 0 bridgehead atoms. The van der Waals surface area contributed by atoms with E-state index in [0.29, 0.717) is 0 Å². The van der Waals surface area contributed by atoms with Crippen molar-refractivity contribution in [1.29, 1.82) is 0 Å². The molecule has 1 saturated heterocycles. The fourth-order valence-corrected chi connectivity index (χ4v) is 3.37. The van der Waals surface area contributed by atoms with Crippen molar-refractivity contribution in [2.24, 2.45) is 0 Å². The zero-order chi connectivity index (χ0) is 16.3. The maximum atomic E-state index is 13.5. The summed E-state index contributed by atoms with van der Waals surface area (Å²) in [7, 11) is 0. The van der Waals surface area contributed by atoms with Crippen molar-refractivity contribution in [3.63, 3.8) is 0 Å².